The molecular formula is C25H30N4O4. The zero-order chi connectivity index (χ0) is 23.5. The Morgan fingerprint density at radius 2 is 1.85 bits per heavy atom. The van der Waals surface area contributed by atoms with E-state index < -0.39 is 12.1 Å². The van der Waals surface area contributed by atoms with Crippen LogP contribution in [-0.4, -0.2) is 36.0 Å². The number of carbonyl (C=O) groups is 3. The number of carbonyl (C=O) groups excluding carboxylic acids is 3. The predicted octanol–water partition coefficient (Wildman–Crippen LogP) is 3.67. The average Bonchev–Trinajstić information content (AvgIpc) is 2.79. The summed E-state index contributed by atoms with van der Waals surface area (Å²) >= 11 is 0. The van der Waals surface area contributed by atoms with Gasteiger partial charge < -0.3 is 21.1 Å². The van der Waals surface area contributed by atoms with Gasteiger partial charge in [-0.05, 0) is 49.1 Å². The number of benzene rings is 2. The van der Waals surface area contributed by atoms with Crippen molar-refractivity contribution in [2.75, 3.05) is 10.2 Å². The molecule has 2 aromatic carbocycles. The van der Waals surface area contributed by atoms with E-state index in [1.54, 1.807) is 42.5 Å². The number of ether oxygens (including phenoxy) is 1. The van der Waals surface area contributed by atoms with E-state index in [0.29, 0.717) is 22.7 Å². The van der Waals surface area contributed by atoms with Crippen molar-refractivity contribution in [1.29, 1.82) is 0 Å². The molecule has 1 aliphatic carbocycles. The summed E-state index contributed by atoms with van der Waals surface area (Å²) in [5.41, 5.74) is 7.44. The van der Waals surface area contributed by atoms with Crippen LogP contribution in [0.4, 0.5) is 16.2 Å². The van der Waals surface area contributed by atoms with E-state index in [0.717, 1.165) is 25.7 Å². The van der Waals surface area contributed by atoms with Crippen LogP contribution >= 0.6 is 0 Å². The molecule has 2 aliphatic rings. The number of amides is 3. The van der Waals surface area contributed by atoms with Gasteiger partial charge in [0.05, 0.1) is 11.4 Å². The van der Waals surface area contributed by atoms with E-state index in [1.807, 2.05) is 19.9 Å². The summed E-state index contributed by atoms with van der Waals surface area (Å²) in [6.45, 7) is 3.74. The van der Waals surface area contributed by atoms with E-state index in [2.05, 4.69) is 10.6 Å². The molecule has 8 heteroatoms. The van der Waals surface area contributed by atoms with Gasteiger partial charge in [-0.25, -0.2) is 4.79 Å². The van der Waals surface area contributed by atoms with Crippen molar-refractivity contribution < 1.29 is 19.1 Å². The van der Waals surface area contributed by atoms with Gasteiger partial charge >= 0.3 is 6.09 Å². The van der Waals surface area contributed by atoms with E-state index in [9.17, 15) is 14.4 Å². The second-order valence-electron chi connectivity index (χ2n) is 8.99. The third-order valence-corrected chi connectivity index (χ3v) is 6.24. The van der Waals surface area contributed by atoms with Gasteiger partial charge in [-0.3, -0.25) is 14.5 Å². The third-order valence-electron chi connectivity index (χ3n) is 6.24. The predicted molar refractivity (Wildman–Crippen MR) is 126 cm³/mol. The number of fused-ring (bicyclic) bond motifs is 1. The van der Waals surface area contributed by atoms with Crippen LogP contribution in [0, 0.1) is 5.92 Å². The molecule has 0 bridgehead atoms. The molecule has 3 unspecified atom stereocenters. The minimum atomic E-state index is -0.742. The molecule has 0 aromatic heterocycles. The van der Waals surface area contributed by atoms with E-state index >= 15 is 0 Å². The number of hydrogen-bond donors (Lipinski definition) is 3. The van der Waals surface area contributed by atoms with Crippen LogP contribution < -0.4 is 26.0 Å². The largest absolute Gasteiger partial charge is 0.420 e. The molecule has 4 rings (SSSR count). The number of rotatable bonds is 4. The minimum absolute atomic E-state index is 0.0601. The van der Waals surface area contributed by atoms with Gasteiger partial charge in [0, 0.05) is 17.6 Å². The quantitative estimate of drug-likeness (QED) is 0.658. The highest BCUT2D eigenvalue weighted by molar-refractivity contribution is 6.12. The highest BCUT2D eigenvalue weighted by Crippen LogP contribution is 2.36. The number of para-hydroxylation sites is 1. The molecule has 0 saturated heterocycles. The summed E-state index contributed by atoms with van der Waals surface area (Å²) < 4.78 is 5.54. The van der Waals surface area contributed by atoms with Gasteiger partial charge in [0.25, 0.3) is 5.91 Å². The Morgan fingerprint density at radius 3 is 2.55 bits per heavy atom. The zero-order valence-electron chi connectivity index (χ0n) is 18.9. The molecule has 4 N–H and O–H groups in total. The van der Waals surface area contributed by atoms with Gasteiger partial charge in [0.2, 0.25) is 5.91 Å². The van der Waals surface area contributed by atoms with Crippen molar-refractivity contribution in [1.82, 2.24) is 5.32 Å². The van der Waals surface area contributed by atoms with E-state index in [-0.39, 0.29) is 29.8 Å². The summed E-state index contributed by atoms with van der Waals surface area (Å²) in [6.07, 6.45) is 3.20. The smallest absolute Gasteiger partial charge is 0.410 e. The van der Waals surface area contributed by atoms with Crippen LogP contribution in [0.15, 0.2) is 48.5 Å². The van der Waals surface area contributed by atoms with Gasteiger partial charge in [0.1, 0.15) is 11.8 Å². The lowest BCUT2D eigenvalue weighted by molar-refractivity contribution is -0.118. The van der Waals surface area contributed by atoms with Crippen LogP contribution in [-0.2, 0) is 4.79 Å². The molecule has 3 atom stereocenters. The van der Waals surface area contributed by atoms with Gasteiger partial charge in [-0.2, -0.15) is 0 Å². The molecular weight excluding hydrogens is 420 g/mol. The summed E-state index contributed by atoms with van der Waals surface area (Å²) in [6, 6.07) is 12.8. The highest BCUT2D eigenvalue weighted by atomic mass is 16.6. The number of nitrogens with one attached hydrogen (secondary N) is 2. The first-order valence-corrected chi connectivity index (χ1v) is 11.4. The fourth-order valence-corrected chi connectivity index (χ4v) is 4.50. The monoisotopic (exact) mass is 450 g/mol. The maximum absolute atomic E-state index is 13.1. The lowest BCUT2D eigenvalue weighted by Gasteiger charge is -2.37. The number of nitrogens with zero attached hydrogens (tertiary/aromatic N) is 1. The SMILES string of the molecule is CC(C)C1C(=O)Nc2cc(C(=O)NC3CCCCC3N)ccc2N1C(=O)Oc1ccccc1. The second kappa shape index (κ2) is 9.62. The maximum Gasteiger partial charge on any atom is 0.420 e. The van der Waals surface area contributed by atoms with Crippen molar-refractivity contribution in [3.63, 3.8) is 0 Å². The fourth-order valence-electron chi connectivity index (χ4n) is 4.50. The third kappa shape index (κ3) is 4.85. The van der Waals surface area contributed by atoms with Crippen LogP contribution in [0.3, 0.4) is 0 Å². The maximum atomic E-state index is 13.1. The first-order valence-electron chi connectivity index (χ1n) is 11.4. The lowest BCUT2D eigenvalue weighted by atomic mass is 9.91. The zero-order valence-corrected chi connectivity index (χ0v) is 18.9. The molecule has 1 heterocycles. The Balaban J connectivity index is 1.61. The van der Waals surface area contributed by atoms with Crippen molar-refractivity contribution in [2.24, 2.45) is 11.7 Å². The molecule has 8 nitrogen and oxygen atoms in total. The normalized spacial score (nSPS) is 22.4. The summed E-state index contributed by atoms with van der Waals surface area (Å²) in [5.74, 6) is -0.345. The van der Waals surface area contributed by atoms with Crippen molar-refractivity contribution in [3.05, 3.63) is 54.1 Å². The second-order valence-corrected chi connectivity index (χ2v) is 8.99. The van der Waals surface area contributed by atoms with Crippen LogP contribution in [0.5, 0.6) is 5.75 Å². The molecule has 1 saturated carbocycles. The minimum Gasteiger partial charge on any atom is -0.410 e. The first kappa shape index (κ1) is 22.8. The topological polar surface area (TPSA) is 114 Å². The Morgan fingerprint density at radius 1 is 1.12 bits per heavy atom. The van der Waals surface area contributed by atoms with Gasteiger partial charge in [-0.15, -0.1) is 0 Å². The van der Waals surface area contributed by atoms with Crippen molar-refractivity contribution in [2.45, 2.75) is 57.7 Å². The molecule has 1 fully saturated rings. The van der Waals surface area contributed by atoms with E-state index in [1.165, 1.54) is 4.90 Å². The molecule has 1 aliphatic heterocycles. The van der Waals surface area contributed by atoms with Crippen LogP contribution in [0.2, 0.25) is 0 Å². The number of hydrogen-bond acceptors (Lipinski definition) is 5. The fraction of sp³-hybridized carbons (Fsp3) is 0.400. The molecule has 0 spiro atoms. The molecule has 33 heavy (non-hydrogen) atoms. The summed E-state index contributed by atoms with van der Waals surface area (Å²) in [7, 11) is 0. The average molecular weight is 451 g/mol. The van der Waals surface area contributed by atoms with Gasteiger partial charge in [-0.1, -0.05) is 44.9 Å². The van der Waals surface area contributed by atoms with Crippen molar-refractivity contribution in [3.8, 4) is 5.75 Å². The highest BCUT2D eigenvalue weighted by Gasteiger charge is 2.40. The summed E-state index contributed by atoms with van der Waals surface area (Å²) in [5, 5.41) is 5.87. The first-order chi connectivity index (χ1) is 15.8. The lowest BCUT2D eigenvalue weighted by Crippen LogP contribution is -2.54. The van der Waals surface area contributed by atoms with Crippen LogP contribution in [0.1, 0.15) is 49.9 Å². The summed E-state index contributed by atoms with van der Waals surface area (Å²) in [4.78, 5) is 40.3. The molecule has 2 aromatic rings. The van der Waals surface area contributed by atoms with Crippen molar-refractivity contribution >= 4 is 29.3 Å². The Hall–Kier alpha value is -3.39. The molecule has 3 amide bonds. The van der Waals surface area contributed by atoms with Gasteiger partial charge in [0.15, 0.2) is 0 Å². The Labute approximate surface area is 193 Å². The van der Waals surface area contributed by atoms with E-state index in [4.69, 9.17) is 10.5 Å². The molecule has 174 valence electrons. The standard InChI is InChI=1S/C25H30N4O4/c1-15(2)22-24(31)28-20-14-16(23(30)27-19-11-7-6-10-18(19)26)12-13-21(20)29(22)25(32)33-17-8-4-3-5-9-17/h3-5,8-9,12-15,18-19,22H,6-7,10-11,26H2,1-2H3,(H,27,30)(H,28,31). The Bertz CT molecular complexity index is 1040. The molecule has 0 radical (unpaired) electrons. The Kier molecular flexibility index (Phi) is 6.65. The number of anilines is 2. The number of nitrogens with two attached hydrogens (primary N) is 1. The van der Waals surface area contributed by atoms with Crippen LogP contribution in [0.25, 0.3) is 0 Å².